The Morgan fingerprint density at radius 2 is 1.88 bits per heavy atom. The van der Waals surface area contributed by atoms with Gasteiger partial charge in [-0.1, -0.05) is 23.2 Å². The first-order chi connectivity index (χ1) is 7.90. The number of hydrogen-bond donors (Lipinski definition) is 2. The molecule has 0 aliphatic heterocycles. The zero-order valence-corrected chi connectivity index (χ0v) is 11.9. The number of aliphatic hydroxyl groups excluding tert-OH is 1. The van der Waals surface area contributed by atoms with E-state index < -0.39 is 0 Å². The van der Waals surface area contributed by atoms with Crippen LogP contribution in [0, 0.1) is 0 Å². The molecule has 3 unspecified atom stereocenters. The third-order valence-electron chi connectivity index (χ3n) is 2.65. The van der Waals surface area contributed by atoms with Gasteiger partial charge in [-0.3, -0.25) is 0 Å². The van der Waals surface area contributed by atoms with Gasteiger partial charge in [0.2, 0.25) is 0 Å². The van der Waals surface area contributed by atoms with Gasteiger partial charge in [0.25, 0.3) is 0 Å². The lowest BCUT2D eigenvalue weighted by Crippen LogP contribution is -2.31. The lowest BCUT2D eigenvalue weighted by Gasteiger charge is -2.22. The molecule has 0 aliphatic carbocycles. The maximum Gasteiger partial charge on any atom is 0.0526 e. The van der Waals surface area contributed by atoms with Gasteiger partial charge in [-0.05, 0) is 51.0 Å². The van der Waals surface area contributed by atoms with Crippen LogP contribution >= 0.6 is 23.2 Å². The fraction of sp³-hybridized carbons (Fsp3) is 0.538. The molecule has 1 rings (SSSR count). The second-order valence-corrected chi connectivity index (χ2v) is 5.38. The van der Waals surface area contributed by atoms with Crippen LogP contribution in [0.1, 0.15) is 38.8 Å². The molecule has 0 saturated heterocycles. The molecule has 2 N–H and O–H groups in total. The van der Waals surface area contributed by atoms with Crippen molar-refractivity contribution in [2.45, 2.75) is 45.4 Å². The second-order valence-electron chi connectivity index (χ2n) is 4.54. The molecule has 0 radical (unpaired) electrons. The van der Waals surface area contributed by atoms with Crippen molar-refractivity contribution in [3.63, 3.8) is 0 Å². The van der Waals surface area contributed by atoms with Crippen LogP contribution in [0.25, 0.3) is 0 Å². The van der Waals surface area contributed by atoms with Gasteiger partial charge in [0.15, 0.2) is 0 Å². The number of rotatable bonds is 5. The molecule has 3 atom stereocenters. The first-order valence-corrected chi connectivity index (χ1v) is 6.54. The minimum absolute atomic E-state index is 0.106. The number of hydrogen-bond acceptors (Lipinski definition) is 2. The molecule has 1 aromatic carbocycles. The smallest absolute Gasteiger partial charge is 0.0526 e. The number of aliphatic hydroxyl groups is 1. The largest absolute Gasteiger partial charge is 0.393 e. The van der Waals surface area contributed by atoms with Gasteiger partial charge >= 0.3 is 0 Å². The summed E-state index contributed by atoms with van der Waals surface area (Å²) in [5, 5.41) is 14.1. The first-order valence-electron chi connectivity index (χ1n) is 5.79. The molecule has 1 aromatic rings. The Morgan fingerprint density at radius 1 is 1.24 bits per heavy atom. The van der Waals surface area contributed by atoms with Crippen molar-refractivity contribution < 1.29 is 5.11 Å². The zero-order chi connectivity index (χ0) is 13.0. The van der Waals surface area contributed by atoms with Crippen molar-refractivity contribution in [3.8, 4) is 0 Å². The Bertz CT molecular complexity index is 368. The summed E-state index contributed by atoms with van der Waals surface area (Å²) in [5.74, 6) is 0. The highest BCUT2D eigenvalue weighted by atomic mass is 35.5. The zero-order valence-electron chi connectivity index (χ0n) is 10.4. The predicted molar refractivity (Wildman–Crippen MR) is 73.8 cm³/mol. The van der Waals surface area contributed by atoms with E-state index in [1.165, 1.54) is 0 Å². The van der Waals surface area contributed by atoms with Gasteiger partial charge in [0.05, 0.1) is 6.10 Å². The maximum atomic E-state index is 9.32. The summed E-state index contributed by atoms with van der Waals surface area (Å²) in [6.07, 6.45) is 0.405. The van der Waals surface area contributed by atoms with Crippen molar-refractivity contribution in [1.29, 1.82) is 0 Å². The highest BCUT2D eigenvalue weighted by molar-refractivity contribution is 6.33. The summed E-state index contributed by atoms with van der Waals surface area (Å²) in [6, 6.07) is 5.78. The van der Waals surface area contributed by atoms with Gasteiger partial charge in [-0.15, -0.1) is 0 Å². The standard InChI is InChI=1S/C13H19Cl2NO/c1-8(6-9(2)17)16-10(3)12-7-11(14)4-5-13(12)15/h4-5,7-10,16-17H,6H2,1-3H3. The number of nitrogens with one attached hydrogen (secondary N) is 1. The molecule has 0 heterocycles. The Hall–Kier alpha value is -0.280. The van der Waals surface area contributed by atoms with Gasteiger partial charge in [-0.2, -0.15) is 0 Å². The van der Waals surface area contributed by atoms with Crippen LogP contribution in [0.5, 0.6) is 0 Å². The van der Waals surface area contributed by atoms with Crippen molar-refractivity contribution in [2.24, 2.45) is 0 Å². The van der Waals surface area contributed by atoms with Gasteiger partial charge in [0.1, 0.15) is 0 Å². The third-order valence-corrected chi connectivity index (χ3v) is 3.23. The van der Waals surface area contributed by atoms with E-state index in [1.807, 2.05) is 19.9 Å². The van der Waals surface area contributed by atoms with Gasteiger partial charge in [-0.25, -0.2) is 0 Å². The molecule has 4 heteroatoms. The molecule has 96 valence electrons. The molecular weight excluding hydrogens is 257 g/mol. The van der Waals surface area contributed by atoms with Crippen molar-refractivity contribution in [2.75, 3.05) is 0 Å². The summed E-state index contributed by atoms with van der Waals surface area (Å²) in [4.78, 5) is 0. The molecule has 17 heavy (non-hydrogen) atoms. The van der Waals surface area contributed by atoms with Crippen LogP contribution < -0.4 is 5.32 Å². The minimum Gasteiger partial charge on any atom is -0.393 e. The van der Waals surface area contributed by atoms with E-state index in [1.54, 1.807) is 19.1 Å². The van der Waals surface area contributed by atoms with E-state index in [0.29, 0.717) is 16.5 Å². The molecule has 0 aliphatic rings. The monoisotopic (exact) mass is 275 g/mol. The number of halogens is 2. The summed E-state index contributed by atoms with van der Waals surface area (Å²) in [6.45, 7) is 5.87. The quantitative estimate of drug-likeness (QED) is 0.857. The second kappa shape index (κ2) is 6.60. The Morgan fingerprint density at radius 3 is 2.47 bits per heavy atom. The third kappa shape index (κ3) is 4.84. The van der Waals surface area contributed by atoms with Crippen LogP contribution in [-0.2, 0) is 0 Å². The van der Waals surface area contributed by atoms with Gasteiger partial charge in [0, 0.05) is 22.1 Å². The van der Waals surface area contributed by atoms with Crippen molar-refractivity contribution in [1.82, 2.24) is 5.32 Å². The van der Waals surface area contributed by atoms with Crippen LogP contribution in [0.15, 0.2) is 18.2 Å². The fourth-order valence-corrected chi connectivity index (χ4v) is 2.40. The Labute approximate surface area is 113 Å². The summed E-state index contributed by atoms with van der Waals surface area (Å²) in [7, 11) is 0. The molecule has 2 nitrogen and oxygen atoms in total. The summed E-state index contributed by atoms with van der Waals surface area (Å²) in [5.41, 5.74) is 0.983. The summed E-state index contributed by atoms with van der Waals surface area (Å²) >= 11 is 12.1. The molecule has 0 spiro atoms. The van der Waals surface area contributed by atoms with Crippen molar-refractivity contribution in [3.05, 3.63) is 33.8 Å². The number of benzene rings is 1. The van der Waals surface area contributed by atoms with E-state index in [4.69, 9.17) is 23.2 Å². The van der Waals surface area contributed by atoms with E-state index >= 15 is 0 Å². The average molecular weight is 276 g/mol. The maximum absolute atomic E-state index is 9.32. The van der Waals surface area contributed by atoms with Crippen LogP contribution in [0.4, 0.5) is 0 Å². The lowest BCUT2D eigenvalue weighted by molar-refractivity contribution is 0.168. The Kier molecular flexibility index (Phi) is 5.74. The Balaban J connectivity index is 2.69. The van der Waals surface area contributed by atoms with E-state index in [9.17, 15) is 5.11 Å². The topological polar surface area (TPSA) is 32.3 Å². The first kappa shape index (κ1) is 14.8. The SMILES string of the molecule is CC(O)CC(C)NC(C)c1cc(Cl)ccc1Cl. The molecule has 0 fully saturated rings. The summed E-state index contributed by atoms with van der Waals surface area (Å²) < 4.78 is 0. The lowest BCUT2D eigenvalue weighted by atomic mass is 10.1. The van der Waals surface area contributed by atoms with Crippen LogP contribution in [0.2, 0.25) is 10.0 Å². The fourth-order valence-electron chi connectivity index (χ4n) is 1.94. The van der Waals surface area contributed by atoms with E-state index in [-0.39, 0.29) is 18.2 Å². The molecular formula is C13H19Cl2NO. The van der Waals surface area contributed by atoms with E-state index in [2.05, 4.69) is 5.32 Å². The highest BCUT2D eigenvalue weighted by Crippen LogP contribution is 2.26. The average Bonchev–Trinajstić information content (AvgIpc) is 2.20. The van der Waals surface area contributed by atoms with Crippen LogP contribution in [0.3, 0.4) is 0 Å². The molecule has 0 bridgehead atoms. The highest BCUT2D eigenvalue weighted by Gasteiger charge is 2.14. The molecule has 0 saturated carbocycles. The molecule has 0 aromatic heterocycles. The van der Waals surface area contributed by atoms with Crippen molar-refractivity contribution >= 4 is 23.2 Å². The normalized spacial score (nSPS) is 16.6. The van der Waals surface area contributed by atoms with Gasteiger partial charge < -0.3 is 10.4 Å². The minimum atomic E-state index is -0.306. The predicted octanol–water partition coefficient (Wildman–Crippen LogP) is 3.80. The van der Waals surface area contributed by atoms with Crippen LogP contribution in [-0.4, -0.2) is 17.3 Å². The van der Waals surface area contributed by atoms with E-state index in [0.717, 1.165) is 5.56 Å². The molecule has 0 amide bonds.